The van der Waals surface area contributed by atoms with Gasteiger partial charge in [0.05, 0.1) is 0 Å². The maximum absolute atomic E-state index is 12.4. The van der Waals surface area contributed by atoms with E-state index >= 15 is 0 Å². The van der Waals surface area contributed by atoms with E-state index in [1.165, 1.54) is 11.1 Å². The number of aromatic nitrogens is 2. The van der Waals surface area contributed by atoms with Crippen molar-refractivity contribution in [3.63, 3.8) is 0 Å². The van der Waals surface area contributed by atoms with Gasteiger partial charge in [-0.2, -0.15) is 0 Å². The van der Waals surface area contributed by atoms with Crippen molar-refractivity contribution in [1.82, 2.24) is 14.9 Å². The first kappa shape index (κ1) is 16.6. The van der Waals surface area contributed by atoms with Crippen LogP contribution in [0.4, 0.5) is 0 Å². The van der Waals surface area contributed by atoms with E-state index in [1.807, 2.05) is 48.8 Å². The smallest absolute Gasteiger partial charge is 0.223 e. The molecule has 0 spiro atoms. The van der Waals surface area contributed by atoms with Gasteiger partial charge in [0.1, 0.15) is 5.82 Å². The van der Waals surface area contributed by atoms with E-state index in [4.69, 9.17) is 0 Å². The summed E-state index contributed by atoms with van der Waals surface area (Å²) in [5, 5.41) is 3.08. The third-order valence-corrected chi connectivity index (χ3v) is 5.00. The molecule has 0 radical (unpaired) electrons. The Hall–Kier alpha value is -2.88. The molecule has 4 rings (SSSR count). The molecule has 1 aromatic heterocycles. The highest BCUT2D eigenvalue weighted by Crippen LogP contribution is 2.47. The second-order valence-electron chi connectivity index (χ2n) is 6.86. The van der Waals surface area contributed by atoms with Crippen molar-refractivity contribution < 1.29 is 4.79 Å². The third-order valence-electron chi connectivity index (χ3n) is 5.00. The Bertz CT molecular complexity index is 857. The van der Waals surface area contributed by atoms with E-state index in [2.05, 4.69) is 39.1 Å². The van der Waals surface area contributed by atoms with Crippen molar-refractivity contribution in [2.45, 2.75) is 25.3 Å². The van der Waals surface area contributed by atoms with Crippen LogP contribution in [-0.4, -0.2) is 22.0 Å². The van der Waals surface area contributed by atoms with E-state index < -0.39 is 0 Å². The van der Waals surface area contributed by atoms with Gasteiger partial charge >= 0.3 is 0 Å². The third kappa shape index (κ3) is 3.85. The molecule has 1 fully saturated rings. The largest absolute Gasteiger partial charge is 0.355 e. The van der Waals surface area contributed by atoms with Gasteiger partial charge in [0.15, 0.2) is 0 Å². The molecule has 1 heterocycles. The van der Waals surface area contributed by atoms with E-state index in [-0.39, 0.29) is 11.8 Å². The van der Waals surface area contributed by atoms with Crippen molar-refractivity contribution in [2.75, 3.05) is 6.54 Å². The SMILES string of the molecule is O=C(NCCc1nccn1Cc1ccccc1)C1CC1c1ccccc1. The molecular weight excluding hydrogens is 322 g/mol. The minimum atomic E-state index is 0.126. The van der Waals surface area contributed by atoms with E-state index in [0.717, 1.165) is 25.2 Å². The Kier molecular flexibility index (Phi) is 4.82. The minimum Gasteiger partial charge on any atom is -0.355 e. The number of hydrogen-bond donors (Lipinski definition) is 1. The number of amides is 1. The first-order valence-corrected chi connectivity index (χ1v) is 9.18. The van der Waals surface area contributed by atoms with Gasteiger partial charge in [-0.25, -0.2) is 4.98 Å². The molecule has 2 atom stereocenters. The molecule has 1 saturated carbocycles. The number of nitrogens with one attached hydrogen (secondary N) is 1. The fourth-order valence-electron chi connectivity index (χ4n) is 3.47. The van der Waals surface area contributed by atoms with Gasteiger partial charge < -0.3 is 9.88 Å². The topological polar surface area (TPSA) is 46.9 Å². The zero-order valence-corrected chi connectivity index (χ0v) is 14.7. The number of benzene rings is 2. The van der Waals surface area contributed by atoms with Crippen LogP contribution in [0.15, 0.2) is 73.1 Å². The lowest BCUT2D eigenvalue weighted by molar-refractivity contribution is -0.122. The molecule has 1 amide bonds. The summed E-state index contributed by atoms with van der Waals surface area (Å²) in [6.45, 7) is 1.44. The van der Waals surface area contributed by atoms with Crippen LogP contribution in [0.5, 0.6) is 0 Å². The van der Waals surface area contributed by atoms with Crippen molar-refractivity contribution >= 4 is 5.91 Å². The van der Waals surface area contributed by atoms with Crippen LogP contribution in [0.25, 0.3) is 0 Å². The molecule has 0 saturated heterocycles. The normalized spacial score (nSPS) is 18.5. The van der Waals surface area contributed by atoms with Gasteiger partial charge in [0.25, 0.3) is 0 Å². The number of imidazole rings is 1. The summed E-state index contributed by atoms with van der Waals surface area (Å²) >= 11 is 0. The van der Waals surface area contributed by atoms with Gasteiger partial charge in [0, 0.05) is 37.8 Å². The molecule has 2 aromatic carbocycles. The highest BCUT2D eigenvalue weighted by molar-refractivity contribution is 5.82. The molecular formula is C22H23N3O. The molecule has 1 aliphatic carbocycles. The Balaban J connectivity index is 1.27. The zero-order valence-electron chi connectivity index (χ0n) is 14.7. The first-order valence-electron chi connectivity index (χ1n) is 9.18. The predicted molar refractivity (Wildman–Crippen MR) is 102 cm³/mol. The molecule has 0 aliphatic heterocycles. The van der Waals surface area contributed by atoms with E-state index in [1.54, 1.807) is 0 Å². The second-order valence-corrected chi connectivity index (χ2v) is 6.86. The Morgan fingerprint density at radius 1 is 1.08 bits per heavy atom. The van der Waals surface area contributed by atoms with Crippen molar-refractivity contribution in [2.24, 2.45) is 5.92 Å². The van der Waals surface area contributed by atoms with Crippen molar-refractivity contribution in [3.05, 3.63) is 90.0 Å². The average molecular weight is 345 g/mol. The van der Waals surface area contributed by atoms with Gasteiger partial charge in [-0.05, 0) is 23.5 Å². The zero-order chi connectivity index (χ0) is 17.8. The Labute approximate surface area is 153 Å². The summed E-state index contributed by atoms with van der Waals surface area (Å²) in [4.78, 5) is 16.8. The summed E-state index contributed by atoms with van der Waals surface area (Å²) in [5.74, 6) is 1.68. The summed E-state index contributed by atoms with van der Waals surface area (Å²) < 4.78 is 2.14. The fourth-order valence-corrected chi connectivity index (χ4v) is 3.47. The van der Waals surface area contributed by atoms with Crippen LogP contribution in [0.1, 0.15) is 29.3 Å². The quantitative estimate of drug-likeness (QED) is 0.713. The van der Waals surface area contributed by atoms with E-state index in [0.29, 0.717) is 12.5 Å². The lowest BCUT2D eigenvalue weighted by Gasteiger charge is -2.09. The van der Waals surface area contributed by atoms with Crippen LogP contribution in [0, 0.1) is 5.92 Å². The van der Waals surface area contributed by atoms with Crippen molar-refractivity contribution in [3.8, 4) is 0 Å². The maximum Gasteiger partial charge on any atom is 0.223 e. The Morgan fingerprint density at radius 3 is 2.58 bits per heavy atom. The van der Waals surface area contributed by atoms with Crippen LogP contribution in [-0.2, 0) is 17.8 Å². The van der Waals surface area contributed by atoms with Crippen LogP contribution < -0.4 is 5.32 Å². The molecule has 4 nitrogen and oxygen atoms in total. The lowest BCUT2D eigenvalue weighted by atomic mass is 10.1. The monoisotopic (exact) mass is 345 g/mol. The summed E-state index contributed by atoms with van der Waals surface area (Å²) in [6.07, 6.45) is 5.52. The van der Waals surface area contributed by atoms with E-state index in [9.17, 15) is 4.79 Å². The highest BCUT2D eigenvalue weighted by Gasteiger charge is 2.43. The molecule has 2 unspecified atom stereocenters. The second kappa shape index (κ2) is 7.56. The molecule has 1 aliphatic rings. The minimum absolute atomic E-state index is 0.126. The molecule has 4 heteroatoms. The maximum atomic E-state index is 12.4. The average Bonchev–Trinajstić information content (AvgIpc) is 3.38. The number of nitrogens with zero attached hydrogens (tertiary/aromatic N) is 2. The lowest BCUT2D eigenvalue weighted by Crippen LogP contribution is -2.28. The molecule has 132 valence electrons. The van der Waals surface area contributed by atoms with Crippen molar-refractivity contribution in [1.29, 1.82) is 0 Å². The summed E-state index contributed by atoms with van der Waals surface area (Å²) in [5.41, 5.74) is 2.52. The van der Waals surface area contributed by atoms with Gasteiger partial charge in [-0.15, -0.1) is 0 Å². The number of hydrogen-bond acceptors (Lipinski definition) is 2. The molecule has 3 aromatic rings. The number of carbonyl (C=O) groups excluding carboxylic acids is 1. The first-order chi connectivity index (χ1) is 12.8. The van der Waals surface area contributed by atoms with Gasteiger partial charge in [0.2, 0.25) is 5.91 Å². The summed E-state index contributed by atoms with van der Waals surface area (Å²) in [6, 6.07) is 20.6. The van der Waals surface area contributed by atoms with Gasteiger partial charge in [-0.3, -0.25) is 4.79 Å². The van der Waals surface area contributed by atoms with Crippen LogP contribution in [0.2, 0.25) is 0 Å². The number of rotatable bonds is 7. The molecule has 26 heavy (non-hydrogen) atoms. The Morgan fingerprint density at radius 2 is 1.81 bits per heavy atom. The predicted octanol–water partition coefficient (Wildman–Crippen LogP) is 3.39. The standard InChI is InChI=1S/C22H23N3O/c26-22(20-15-19(20)18-9-5-2-6-10-18)24-12-11-21-23-13-14-25(21)16-17-7-3-1-4-8-17/h1-10,13-14,19-20H,11-12,15-16H2,(H,24,26). The van der Waals surface area contributed by atoms with Crippen LogP contribution >= 0.6 is 0 Å². The number of carbonyl (C=O) groups is 1. The fraction of sp³-hybridized carbons (Fsp3) is 0.273. The molecule has 0 bridgehead atoms. The molecule has 1 N–H and O–H groups in total. The summed E-state index contributed by atoms with van der Waals surface area (Å²) in [7, 11) is 0. The van der Waals surface area contributed by atoms with Crippen LogP contribution in [0.3, 0.4) is 0 Å². The highest BCUT2D eigenvalue weighted by atomic mass is 16.2. The van der Waals surface area contributed by atoms with Gasteiger partial charge in [-0.1, -0.05) is 60.7 Å².